The van der Waals surface area contributed by atoms with Gasteiger partial charge in [-0.15, -0.1) is 0 Å². The fourth-order valence-corrected chi connectivity index (χ4v) is 2.87. The van der Waals surface area contributed by atoms with E-state index < -0.39 is 0 Å². The molecule has 0 unspecified atom stereocenters. The highest BCUT2D eigenvalue weighted by molar-refractivity contribution is 5.80. The van der Waals surface area contributed by atoms with Crippen LogP contribution < -0.4 is 10.5 Å². The van der Waals surface area contributed by atoms with E-state index in [-0.39, 0.29) is 12.2 Å². The number of H-pyrrole nitrogens is 1. The van der Waals surface area contributed by atoms with Gasteiger partial charge in [-0.05, 0) is 25.0 Å². The summed E-state index contributed by atoms with van der Waals surface area (Å²) in [5.41, 5.74) is 8.17. The third kappa shape index (κ3) is 2.70. The number of aromatic amines is 1. The summed E-state index contributed by atoms with van der Waals surface area (Å²) >= 11 is 0. The fourth-order valence-electron chi connectivity index (χ4n) is 2.87. The molecule has 118 valence electrons. The van der Waals surface area contributed by atoms with E-state index in [2.05, 4.69) is 19.9 Å². The first-order valence-corrected chi connectivity index (χ1v) is 7.61. The summed E-state index contributed by atoms with van der Waals surface area (Å²) in [7, 11) is 0. The SMILES string of the molecule is Nc1ncc(O[C@H]2CC[C@H](O)C2)nc1-c1nc2ccccc2[nH]1. The predicted octanol–water partition coefficient (Wildman–Crippen LogP) is 1.89. The number of nitrogens with two attached hydrogens (primary N) is 1. The minimum absolute atomic E-state index is 0.0357. The molecule has 0 saturated heterocycles. The molecule has 23 heavy (non-hydrogen) atoms. The number of hydrogen-bond donors (Lipinski definition) is 3. The number of nitrogen functional groups attached to an aromatic ring is 1. The largest absolute Gasteiger partial charge is 0.473 e. The van der Waals surface area contributed by atoms with Crippen molar-refractivity contribution in [2.45, 2.75) is 31.5 Å². The summed E-state index contributed by atoms with van der Waals surface area (Å²) in [6, 6.07) is 7.71. The number of benzene rings is 1. The summed E-state index contributed by atoms with van der Waals surface area (Å²) in [6.07, 6.45) is 3.36. The average molecular weight is 311 g/mol. The van der Waals surface area contributed by atoms with Crippen molar-refractivity contribution in [3.05, 3.63) is 30.5 Å². The number of anilines is 1. The molecule has 0 radical (unpaired) electrons. The van der Waals surface area contributed by atoms with E-state index in [1.165, 1.54) is 6.20 Å². The van der Waals surface area contributed by atoms with Crippen molar-refractivity contribution >= 4 is 16.9 Å². The molecule has 7 heteroatoms. The second-order valence-corrected chi connectivity index (χ2v) is 5.75. The lowest BCUT2D eigenvalue weighted by atomic mass is 10.3. The number of nitrogens with one attached hydrogen (secondary N) is 1. The third-order valence-electron chi connectivity index (χ3n) is 4.04. The van der Waals surface area contributed by atoms with E-state index in [0.29, 0.717) is 29.6 Å². The number of aromatic nitrogens is 4. The molecule has 2 heterocycles. The van der Waals surface area contributed by atoms with Crippen molar-refractivity contribution < 1.29 is 9.84 Å². The Morgan fingerprint density at radius 3 is 2.87 bits per heavy atom. The van der Waals surface area contributed by atoms with Crippen LogP contribution in [-0.2, 0) is 0 Å². The van der Waals surface area contributed by atoms with Gasteiger partial charge in [-0.2, -0.15) is 0 Å². The van der Waals surface area contributed by atoms with Gasteiger partial charge in [0.25, 0.3) is 0 Å². The summed E-state index contributed by atoms with van der Waals surface area (Å²) in [4.78, 5) is 16.3. The minimum atomic E-state index is -0.295. The van der Waals surface area contributed by atoms with Crippen LogP contribution in [0, 0.1) is 0 Å². The van der Waals surface area contributed by atoms with Crippen molar-refractivity contribution in [1.82, 2.24) is 19.9 Å². The van der Waals surface area contributed by atoms with Gasteiger partial charge in [-0.1, -0.05) is 12.1 Å². The van der Waals surface area contributed by atoms with Gasteiger partial charge in [-0.25, -0.2) is 15.0 Å². The first-order chi connectivity index (χ1) is 11.2. The van der Waals surface area contributed by atoms with Crippen molar-refractivity contribution in [2.24, 2.45) is 0 Å². The molecule has 1 aliphatic rings. The molecule has 0 aliphatic heterocycles. The Balaban J connectivity index is 1.66. The van der Waals surface area contributed by atoms with Gasteiger partial charge >= 0.3 is 0 Å². The molecule has 7 nitrogen and oxygen atoms in total. The number of imidazole rings is 1. The standard InChI is InChI=1S/C16H17N5O2/c17-15-14(16-19-11-3-1-2-4-12(11)20-16)21-13(8-18-15)23-10-6-5-9(22)7-10/h1-4,8-10,22H,5-7H2,(H2,17,18)(H,19,20)/t9-,10-/m0/s1. The van der Waals surface area contributed by atoms with E-state index in [1.807, 2.05) is 24.3 Å². The van der Waals surface area contributed by atoms with Crippen LogP contribution >= 0.6 is 0 Å². The Bertz CT molecular complexity index is 814. The molecule has 3 aromatic rings. The molecule has 1 fully saturated rings. The average Bonchev–Trinajstić information content (AvgIpc) is 3.15. The summed E-state index contributed by atoms with van der Waals surface area (Å²) < 4.78 is 5.81. The lowest BCUT2D eigenvalue weighted by Gasteiger charge is -2.12. The molecule has 0 spiro atoms. The van der Waals surface area contributed by atoms with Gasteiger partial charge in [0, 0.05) is 6.42 Å². The molecular weight excluding hydrogens is 294 g/mol. The Kier molecular flexibility index (Phi) is 3.34. The number of fused-ring (bicyclic) bond motifs is 1. The Morgan fingerprint density at radius 1 is 1.22 bits per heavy atom. The monoisotopic (exact) mass is 311 g/mol. The lowest BCUT2D eigenvalue weighted by Crippen LogP contribution is -2.15. The number of nitrogens with zero attached hydrogens (tertiary/aromatic N) is 3. The van der Waals surface area contributed by atoms with E-state index in [9.17, 15) is 5.11 Å². The van der Waals surface area contributed by atoms with E-state index in [1.54, 1.807) is 0 Å². The smallest absolute Gasteiger partial charge is 0.233 e. The van der Waals surface area contributed by atoms with Crippen LogP contribution in [0.25, 0.3) is 22.6 Å². The molecule has 1 saturated carbocycles. The highest BCUT2D eigenvalue weighted by atomic mass is 16.5. The van der Waals surface area contributed by atoms with Crippen LogP contribution in [-0.4, -0.2) is 37.3 Å². The van der Waals surface area contributed by atoms with Gasteiger partial charge in [-0.3, -0.25) is 0 Å². The molecular formula is C16H17N5O2. The maximum atomic E-state index is 9.58. The maximum absolute atomic E-state index is 9.58. The van der Waals surface area contributed by atoms with E-state index in [4.69, 9.17) is 10.5 Å². The molecule has 2 aromatic heterocycles. The quantitative estimate of drug-likeness (QED) is 0.681. The van der Waals surface area contributed by atoms with Crippen LogP contribution in [0.4, 0.5) is 5.82 Å². The number of rotatable bonds is 3. The topological polar surface area (TPSA) is 110 Å². The first-order valence-electron chi connectivity index (χ1n) is 7.61. The van der Waals surface area contributed by atoms with E-state index >= 15 is 0 Å². The van der Waals surface area contributed by atoms with Gasteiger partial charge in [0.1, 0.15) is 6.10 Å². The molecule has 2 atom stereocenters. The highest BCUT2D eigenvalue weighted by Gasteiger charge is 2.25. The van der Waals surface area contributed by atoms with Crippen LogP contribution in [0.3, 0.4) is 0 Å². The first kappa shape index (κ1) is 14.0. The number of aliphatic hydroxyl groups is 1. The second kappa shape index (κ2) is 5.51. The van der Waals surface area contributed by atoms with Crippen LogP contribution in [0.2, 0.25) is 0 Å². The van der Waals surface area contributed by atoms with Gasteiger partial charge in [0.05, 0.1) is 23.3 Å². The minimum Gasteiger partial charge on any atom is -0.473 e. The zero-order valence-electron chi connectivity index (χ0n) is 12.4. The normalized spacial score (nSPS) is 20.9. The number of para-hydroxylation sites is 2. The zero-order valence-corrected chi connectivity index (χ0v) is 12.4. The predicted molar refractivity (Wildman–Crippen MR) is 85.8 cm³/mol. The molecule has 4 N–H and O–H groups in total. The summed E-state index contributed by atoms with van der Waals surface area (Å²) in [6.45, 7) is 0. The summed E-state index contributed by atoms with van der Waals surface area (Å²) in [5.74, 6) is 1.25. The molecule has 4 rings (SSSR count). The fraction of sp³-hybridized carbons (Fsp3) is 0.312. The Morgan fingerprint density at radius 2 is 2.09 bits per heavy atom. The maximum Gasteiger partial charge on any atom is 0.233 e. The molecule has 1 aromatic carbocycles. The Labute approximate surface area is 132 Å². The van der Waals surface area contributed by atoms with Gasteiger partial charge in [0.15, 0.2) is 17.3 Å². The molecule has 0 amide bonds. The molecule has 0 bridgehead atoms. The number of hydrogen-bond acceptors (Lipinski definition) is 6. The van der Waals surface area contributed by atoms with Gasteiger partial charge < -0.3 is 20.6 Å². The van der Waals surface area contributed by atoms with Crippen LogP contribution in [0.1, 0.15) is 19.3 Å². The van der Waals surface area contributed by atoms with Crippen molar-refractivity contribution in [3.8, 4) is 17.4 Å². The third-order valence-corrected chi connectivity index (χ3v) is 4.04. The van der Waals surface area contributed by atoms with E-state index in [0.717, 1.165) is 23.9 Å². The highest BCUT2D eigenvalue weighted by Crippen LogP contribution is 2.27. The van der Waals surface area contributed by atoms with Crippen LogP contribution in [0.5, 0.6) is 5.88 Å². The molecule has 1 aliphatic carbocycles. The van der Waals surface area contributed by atoms with Crippen molar-refractivity contribution in [3.63, 3.8) is 0 Å². The summed E-state index contributed by atoms with van der Waals surface area (Å²) in [5, 5.41) is 9.58. The van der Waals surface area contributed by atoms with Gasteiger partial charge in [0.2, 0.25) is 5.88 Å². The second-order valence-electron chi connectivity index (χ2n) is 5.75. The lowest BCUT2D eigenvalue weighted by molar-refractivity contribution is 0.146. The van der Waals surface area contributed by atoms with Crippen molar-refractivity contribution in [1.29, 1.82) is 0 Å². The zero-order chi connectivity index (χ0) is 15.8. The Hall–Kier alpha value is -2.67. The number of ether oxygens (including phenoxy) is 1. The van der Waals surface area contributed by atoms with Crippen LogP contribution in [0.15, 0.2) is 30.5 Å². The van der Waals surface area contributed by atoms with Crippen molar-refractivity contribution in [2.75, 3.05) is 5.73 Å². The number of aliphatic hydroxyl groups excluding tert-OH is 1.